The van der Waals surface area contributed by atoms with Crippen LogP contribution in [0.3, 0.4) is 0 Å². The normalized spacial score (nSPS) is 22.9. The van der Waals surface area contributed by atoms with E-state index in [0.29, 0.717) is 26.2 Å². The topological polar surface area (TPSA) is 127 Å². The maximum atomic E-state index is 13.3. The first-order chi connectivity index (χ1) is 17.1. The fourth-order valence-corrected chi connectivity index (χ4v) is 4.81. The Kier molecular flexibility index (Phi) is 15.2. The van der Waals surface area contributed by atoms with Gasteiger partial charge >= 0.3 is 23.8 Å². The number of ether oxygens (including phenoxy) is 2. The molecular formula is C26H40Cl2N2O8. The van der Waals surface area contributed by atoms with Gasteiger partial charge in [-0.1, -0.05) is 12.1 Å². The lowest BCUT2D eigenvalue weighted by Crippen LogP contribution is -3.00. The molecule has 2 amide bonds. The molecule has 0 spiro atoms. The van der Waals surface area contributed by atoms with Gasteiger partial charge in [-0.2, -0.15) is 0 Å². The van der Waals surface area contributed by atoms with Gasteiger partial charge < -0.3 is 44.5 Å². The van der Waals surface area contributed by atoms with Crippen molar-refractivity contribution in [2.45, 2.75) is 52.7 Å². The number of quaternary nitrogens is 2. The van der Waals surface area contributed by atoms with E-state index in [1.807, 2.05) is 27.7 Å². The molecule has 12 heteroatoms. The van der Waals surface area contributed by atoms with Crippen LogP contribution in [0.15, 0.2) is 24.3 Å². The third-order valence-corrected chi connectivity index (χ3v) is 7.33. The molecule has 1 aromatic rings. The van der Waals surface area contributed by atoms with Crippen molar-refractivity contribution >= 4 is 23.8 Å². The number of benzene rings is 1. The number of cyclic esters (lactones) is 2. The zero-order valence-electron chi connectivity index (χ0n) is 22.5. The summed E-state index contributed by atoms with van der Waals surface area (Å²) in [5.74, 6) is -1.96. The quantitative estimate of drug-likeness (QED) is 0.269. The second kappa shape index (κ2) is 16.1. The average Bonchev–Trinajstić information content (AvgIpc) is 2.89. The third-order valence-electron chi connectivity index (χ3n) is 7.33. The molecule has 0 fully saturated rings. The Bertz CT molecular complexity index is 876. The van der Waals surface area contributed by atoms with Crippen molar-refractivity contribution in [1.29, 1.82) is 0 Å². The minimum absolute atomic E-state index is 0. The molecule has 2 unspecified atom stereocenters. The van der Waals surface area contributed by atoms with Crippen molar-refractivity contribution in [2.75, 3.05) is 52.5 Å². The highest BCUT2D eigenvalue weighted by Crippen LogP contribution is 2.19. The van der Waals surface area contributed by atoms with Gasteiger partial charge in [-0.3, -0.25) is 8.97 Å². The minimum atomic E-state index is -1.12. The van der Waals surface area contributed by atoms with Gasteiger partial charge in [0.05, 0.1) is 50.1 Å². The zero-order chi connectivity index (χ0) is 26.9. The highest BCUT2D eigenvalue weighted by Gasteiger charge is 2.40. The number of amides is 2. The largest absolute Gasteiger partial charge is 1.00 e. The number of hydrogen-bond donors (Lipinski definition) is 2. The number of fused-ring (bicyclic) bond motifs is 1. The lowest BCUT2D eigenvalue weighted by Gasteiger charge is -2.37. The molecule has 2 N–H and O–H groups in total. The van der Waals surface area contributed by atoms with Gasteiger partial charge in [0, 0.05) is 0 Å². The lowest BCUT2D eigenvalue weighted by molar-refractivity contribution is -0.857. The molecule has 10 nitrogen and oxygen atoms in total. The van der Waals surface area contributed by atoms with E-state index in [1.165, 1.54) is 12.1 Å². The van der Waals surface area contributed by atoms with E-state index in [0.717, 1.165) is 0 Å². The number of rotatable bonds is 4. The van der Waals surface area contributed by atoms with Crippen LogP contribution < -0.4 is 24.8 Å². The molecular weight excluding hydrogens is 539 g/mol. The van der Waals surface area contributed by atoms with Crippen LogP contribution in [-0.4, -0.2) is 108 Å². The van der Waals surface area contributed by atoms with Crippen molar-refractivity contribution < 1.29 is 72.6 Å². The Morgan fingerprint density at radius 1 is 0.684 bits per heavy atom. The van der Waals surface area contributed by atoms with Gasteiger partial charge in [0.25, 0.3) is 0 Å². The Morgan fingerprint density at radius 2 is 1.00 bits per heavy atom. The zero-order valence-corrected chi connectivity index (χ0v) is 24.0. The summed E-state index contributed by atoms with van der Waals surface area (Å²) in [6, 6.07) is 5.96. The van der Waals surface area contributed by atoms with Crippen LogP contribution in [-0.2, 0) is 19.1 Å². The Balaban J connectivity index is 0.00000684. The number of halogens is 2. The second-order valence-corrected chi connectivity index (χ2v) is 9.26. The maximum Gasteiger partial charge on any atom is 0.339 e. The summed E-state index contributed by atoms with van der Waals surface area (Å²) in [5.41, 5.74) is -0.0638. The van der Waals surface area contributed by atoms with Gasteiger partial charge in [0.15, 0.2) is 0 Å². The van der Waals surface area contributed by atoms with Crippen molar-refractivity contribution in [3.8, 4) is 0 Å². The third kappa shape index (κ3) is 8.46. The molecule has 1 aromatic carbocycles. The molecule has 1 aliphatic heterocycles. The number of aliphatic hydroxyl groups excluding tert-OH is 2. The van der Waals surface area contributed by atoms with Crippen LogP contribution in [0.1, 0.15) is 61.3 Å². The van der Waals surface area contributed by atoms with Gasteiger partial charge in [-0.25, -0.2) is 19.2 Å². The molecule has 0 aliphatic carbocycles. The average molecular weight is 580 g/mol. The summed E-state index contributed by atoms with van der Waals surface area (Å²) in [6.07, 6.45) is -2.26. The number of aliphatic hydroxyl groups is 2. The molecule has 2 rings (SSSR count). The Hall–Kier alpha value is -2.08. The van der Waals surface area contributed by atoms with E-state index in [1.54, 1.807) is 12.1 Å². The highest BCUT2D eigenvalue weighted by molar-refractivity contribution is 6.03. The summed E-state index contributed by atoms with van der Waals surface area (Å²) in [5, 5.41) is 21.3. The SMILES string of the molecule is CC[N+]1(CC)CC(O)COC(=O)c2ccccc2C(=O)OCC(O)C[N+](CC)(CC)C(=O)CCC1=O.[Cl-].[Cl-]. The van der Waals surface area contributed by atoms with Crippen molar-refractivity contribution in [3.63, 3.8) is 0 Å². The summed E-state index contributed by atoms with van der Waals surface area (Å²) in [7, 11) is 0. The van der Waals surface area contributed by atoms with E-state index in [-0.39, 0.29) is 95.9 Å². The molecule has 0 saturated carbocycles. The van der Waals surface area contributed by atoms with Gasteiger partial charge in [0.1, 0.15) is 38.5 Å². The molecule has 0 aromatic heterocycles. The van der Waals surface area contributed by atoms with E-state index in [4.69, 9.17) is 9.47 Å². The fourth-order valence-electron chi connectivity index (χ4n) is 4.81. The van der Waals surface area contributed by atoms with Gasteiger partial charge in [-0.05, 0) is 39.8 Å². The molecule has 2 atom stereocenters. The van der Waals surface area contributed by atoms with E-state index >= 15 is 0 Å². The molecule has 216 valence electrons. The number of likely N-dealkylation sites (N-methyl/N-ethyl adjacent to an activating group) is 2. The standard InChI is InChI=1S/C26H40N2O8.2ClH/c1-5-27(6-2)15-19(29)17-35-25(33)21-11-9-10-12-22(21)26(34)36-18-20(30)16-28(7-3,8-4)24(32)14-13-23(27)31;;/h9-12,19-20,29-30H,5-8,13-18H2,1-4H3;2*1H/q+2;;/p-2. The number of hydrogen-bond acceptors (Lipinski definition) is 8. The molecule has 0 saturated heterocycles. The van der Waals surface area contributed by atoms with Gasteiger partial charge in [-0.15, -0.1) is 0 Å². The number of carbonyl (C=O) groups excluding carboxylic acids is 4. The molecule has 1 aliphatic rings. The maximum absolute atomic E-state index is 13.3. The van der Waals surface area contributed by atoms with E-state index < -0.39 is 24.1 Å². The summed E-state index contributed by atoms with van der Waals surface area (Å²) in [4.78, 5) is 52.0. The summed E-state index contributed by atoms with van der Waals surface area (Å²) < 4.78 is 10.4. The van der Waals surface area contributed by atoms with Crippen LogP contribution in [0.25, 0.3) is 0 Å². The molecule has 0 bridgehead atoms. The number of carbonyl (C=O) groups is 4. The summed E-state index contributed by atoms with van der Waals surface area (Å²) >= 11 is 0. The summed E-state index contributed by atoms with van der Waals surface area (Å²) in [6.45, 7) is 8.30. The Labute approximate surface area is 236 Å². The monoisotopic (exact) mass is 578 g/mol. The molecule has 0 radical (unpaired) electrons. The van der Waals surface area contributed by atoms with Crippen molar-refractivity contribution in [3.05, 3.63) is 35.4 Å². The van der Waals surface area contributed by atoms with E-state index in [9.17, 15) is 29.4 Å². The fraction of sp³-hybridized carbons (Fsp3) is 0.615. The van der Waals surface area contributed by atoms with Crippen molar-refractivity contribution in [2.24, 2.45) is 0 Å². The van der Waals surface area contributed by atoms with Crippen LogP contribution in [0.2, 0.25) is 0 Å². The first-order valence-corrected chi connectivity index (χ1v) is 12.7. The van der Waals surface area contributed by atoms with Crippen LogP contribution in [0.5, 0.6) is 0 Å². The Morgan fingerprint density at radius 3 is 1.29 bits per heavy atom. The van der Waals surface area contributed by atoms with Gasteiger partial charge in [0.2, 0.25) is 0 Å². The van der Waals surface area contributed by atoms with E-state index in [2.05, 4.69) is 0 Å². The first-order valence-electron chi connectivity index (χ1n) is 12.7. The minimum Gasteiger partial charge on any atom is -1.00 e. The first kappa shape index (κ1) is 35.9. The predicted octanol–water partition coefficient (Wildman–Crippen LogP) is -4.71. The van der Waals surface area contributed by atoms with Crippen molar-refractivity contribution in [1.82, 2.24) is 0 Å². The lowest BCUT2D eigenvalue weighted by atomic mass is 10.1. The van der Waals surface area contributed by atoms with Crippen LogP contribution >= 0.6 is 0 Å². The van der Waals surface area contributed by atoms with Crippen LogP contribution in [0.4, 0.5) is 0 Å². The molecule has 1 heterocycles. The molecule has 38 heavy (non-hydrogen) atoms. The second-order valence-electron chi connectivity index (χ2n) is 9.26. The van der Waals surface area contributed by atoms with Crippen LogP contribution in [0, 0.1) is 0 Å². The highest BCUT2D eigenvalue weighted by atomic mass is 35.5. The predicted molar refractivity (Wildman–Crippen MR) is 131 cm³/mol. The smallest absolute Gasteiger partial charge is 0.339 e. The number of esters is 2. The number of nitrogens with zero attached hydrogens (tertiary/aromatic N) is 2.